The standard InChI is InChI=1S/C17H25N3O2/c1-11-7-12(18)5-6-15(11)19-9-14-8-13(19)10-20(14)16(21)22-17(2,3)4/h5-7,13-14H,8-10,18H2,1-4H3. The molecule has 2 fully saturated rings. The van der Waals surface area contributed by atoms with Crippen molar-refractivity contribution in [1.29, 1.82) is 0 Å². The van der Waals surface area contributed by atoms with Gasteiger partial charge in [-0.25, -0.2) is 4.79 Å². The Labute approximate surface area is 132 Å². The van der Waals surface area contributed by atoms with Crippen molar-refractivity contribution in [2.24, 2.45) is 0 Å². The molecule has 22 heavy (non-hydrogen) atoms. The number of rotatable bonds is 1. The predicted molar refractivity (Wildman–Crippen MR) is 88.1 cm³/mol. The van der Waals surface area contributed by atoms with Gasteiger partial charge in [-0.2, -0.15) is 0 Å². The minimum absolute atomic E-state index is 0.186. The highest BCUT2D eigenvalue weighted by Gasteiger charge is 2.46. The second-order valence-corrected chi connectivity index (χ2v) is 7.37. The van der Waals surface area contributed by atoms with E-state index in [1.807, 2.05) is 37.8 Å². The van der Waals surface area contributed by atoms with Crippen molar-refractivity contribution in [3.63, 3.8) is 0 Å². The molecule has 1 amide bonds. The second kappa shape index (κ2) is 5.07. The molecule has 2 N–H and O–H groups in total. The number of nitrogens with two attached hydrogens (primary N) is 1. The number of aryl methyl sites for hydroxylation is 1. The van der Waals surface area contributed by atoms with E-state index >= 15 is 0 Å². The molecule has 120 valence electrons. The number of nitrogen functional groups attached to an aromatic ring is 1. The molecule has 0 aliphatic carbocycles. The van der Waals surface area contributed by atoms with Crippen LogP contribution in [0.1, 0.15) is 32.8 Å². The van der Waals surface area contributed by atoms with E-state index in [0.29, 0.717) is 6.04 Å². The van der Waals surface area contributed by atoms with Crippen LogP contribution in [0.5, 0.6) is 0 Å². The van der Waals surface area contributed by atoms with Crippen LogP contribution in [-0.2, 0) is 4.74 Å². The minimum atomic E-state index is -0.438. The molecule has 5 nitrogen and oxygen atoms in total. The third kappa shape index (κ3) is 2.72. The number of carbonyl (C=O) groups excluding carboxylic acids is 1. The van der Waals surface area contributed by atoms with Crippen molar-refractivity contribution in [1.82, 2.24) is 4.90 Å². The fourth-order valence-electron chi connectivity index (χ4n) is 3.51. The van der Waals surface area contributed by atoms with Crippen LogP contribution in [0.4, 0.5) is 16.2 Å². The SMILES string of the molecule is Cc1cc(N)ccc1N1CC2CC1CN2C(=O)OC(C)(C)C. The summed E-state index contributed by atoms with van der Waals surface area (Å²) in [7, 11) is 0. The molecule has 3 rings (SSSR count). The molecule has 2 aliphatic rings. The van der Waals surface area contributed by atoms with E-state index in [-0.39, 0.29) is 12.1 Å². The molecule has 0 radical (unpaired) electrons. The third-order valence-electron chi connectivity index (χ3n) is 4.40. The smallest absolute Gasteiger partial charge is 0.410 e. The first-order valence-electron chi connectivity index (χ1n) is 7.87. The summed E-state index contributed by atoms with van der Waals surface area (Å²) in [5.41, 5.74) is 8.61. The molecule has 2 unspecified atom stereocenters. The van der Waals surface area contributed by atoms with Crippen LogP contribution in [0.25, 0.3) is 0 Å². The number of hydrogen-bond acceptors (Lipinski definition) is 4. The monoisotopic (exact) mass is 303 g/mol. The van der Waals surface area contributed by atoms with Crippen molar-refractivity contribution in [3.05, 3.63) is 23.8 Å². The van der Waals surface area contributed by atoms with Crippen molar-refractivity contribution in [2.75, 3.05) is 23.7 Å². The molecular weight excluding hydrogens is 278 g/mol. The Balaban J connectivity index is 1.71. The lowest BCUT2D eigenvalue weighted by atomic mass is 10.1. The molecule has 0 saturated carbocycles. The van der Waals surface area contributed by atoms with Gasteiger partial charge in [0.05, 0.1) is 6.04 Å². The summed E-state index contributed by atoms with van der Waals surface area (Å²) in [6, 6.07) is 6.66. The first kappa shape index (κ1) is 15.0. The van der Waals surface area contributed by atoms with Gasteiger partial charge in [0.1, 0.15) is 5.60 Å². The van der Waals surface area contributed by atoms with E-state index in [0.717, 1.165) is 25.2 Å². The Hall–Kier alpha value is -1.91. The number of nitrogens with zero attached hydrogens (tertiary/aromatic N) is 2. The summed E-state index contributed by atoms with van der Waals surface area (Å²) in [5, 5.41) is 0. The molecular formula is C17H25N3O2. The van der Waals surface area contributed by atoms with Crippen molar-refractivity contribution >= 4 is 17.5 Å². The fraction of sp³-hybridized carbons (Fsp3) is 0.588. The van der Waals surface area contributed by atoms with Crippen molar-refractivity contribution in [3.8, 4) is 0 Å². The normalized spacial score (nSPS) is 24.0. The fourth-order valence-corrected chi connectivity index (χ4v) is 3.51. The van der Waals surface area contributed by atoms with Crippen molar-refractivity contribution < 1.29 is 9.53 Å². The highest BCUT2D eigenvalue weighted by molar-refractivity contribution is 5.71. The third-order valence-corrected chi connectivity index (χ3v) is 4.40. The summed E-state index contributed by atoms with van der Waals surface area (Å²) in [6.45, 7) is 9.41. The number of likely N-dealkylation sites (tertiary alicyclic amines) is 1. The van der Waals surface area contributed by atoms with Crippen LogP contribution in [0.2, 0.25) is 0 Å². The highest BCUT2D eigenvalue weighted by atomic mass is 16.6. The van der Waals surface area contributed by atoms with Gasteiger partial charge < -0.3 is 20.3 Å². The van der Waals surface area contributed by atoms with E-state index in [1.165, 1.54) is 11.3 Å². The second-order valence-electron chi connectivity index (χ2n) is 7.37. The summed E-state index contributed by atoms with van der Waals surface area (Å²) in [4.78, 5) is 16.6. The number of amides is 1. The number of piperazine rings is 1. The topological polar surface area (TPSA) is 58.8 Å². The largest absolute Gasteiger partial charge is 0.444 e. The molecule has 2 saturated heterocycles. The number of anilines is 2. The summed E-state index contributed by atoms with van der Waals surface area (Å²) in [5.74, 6) is 0. The highest BCUT2D eigenvalue weighted by Crippen LogP contribution is 2.37. The van der Waals surface area contributed by atoms with E-state index in [9.17, 15) is 4.79 Å². The van der Waals surface area contributed by atoms with Gasteiger partial charge in [-0.15, -0.1) is 0 Å². The van der Waals surface area contributed by atoms with Crippen LogP contribution in [0, 0.1) is 6.92 Å². The van der Waals surface area contributed by atoms with Gasteiger partial charge in [-0.05, 0) is 57.9 Å². The lowest BCUT2D eigenvalue weighted by Gasteiger charge is -2.37. The van der Waals surface area contributed by atoms with Crippen LogP contribution in [0.15, 0.2) is 18.2 Å². The molecule has 0 aromatic heterocycles. The van der Waals surface area contributed by atoms with Crippen LogP contribution in [0.3, 0.4) is 0 Å². The number of carbonyl (C=O) groups is 1. The average Bonchev–Trinajstić information content (AvgIpc) is 2.96. The van der Waals surface area contributed by atoms with Gasteiger partial charge in [0.2, 0.25) is 0 Å². The molecule has 2 heterocycles. The minimum Gasteiger partial charge on any atom is -0.444 e. The van der Waals surface area contributed by atoms with E-state index in [2.05, 4.69) is 17.9 Å². The molecule has 1 aromatic carbocycles. The van der Waals surface area contributed by atoms with Crippen LogP contribution in [-0.4, -0.2) is 41.8 Å². The number of fused-ring (bicyclic) bond motifs is 2. The molecule has 2 bridgehead atoms. The number of hydrogen-bond donors (Lipinski definition) is 1. The van der Waals surface area contributed by atoms with Gasteiger partial charge in [-0.1, -0.05) is 0 Å². The maximum Gasteiger partial charge on any atom is 0.410 e. The van der Waals surface area contributed by atoms with E-state index < -0.39 is 5.60 Å². The number of benzene rings is 1. The molecule has 2 atom stereocenters. The van der Waals surface area contributed by atoms with E-state index in [1.54, 1.807) is 0 Å². The summed E-state index contributed by atoms with van der Waals surface area (Å²) in [6.07, 6.45) is 0.831. The Morgan fingerprint density at radius 1 is 1.27 bits per heavy atom. The van der Waals surface area contributed by atoms with Crippen LogP contribution >= 0.6 is 0 Å². The van der Waals surface area contributed by atoms with Crippen LogP contribution < -0.4 is 10.6 Å². The summed E-state index contributed by atoms with van der Waals surface area (Å²) < 4.78 is 5.51. The molecule has 5 heteroatoms. The van der Waals surface area contributed by atoms with E-state index in [4.69, 9.17) is 10.5 Å². The lowest BCUT2D eigenvalue weighted by Crippen LogP contribution is -2.50. The Morgan fingerprint density at radius 3 is 2.55 bits per heavy atom. The maximum absolute atomic E-state index is 12.3. The van der Waals surface area contributed by atoms with Gasteiger partial charge in [0.15, 0.2) is 0 Å². The molecule has 2 aliphatic heterocycles. The zero-order chi connectivity index (χ0) is 16.1. The predicted octanol–water partition coefficient (Wildman–Crippen LogP) is 2.78. The number of ether oxygens (including phenoxy) is 1. The van der Waals surface area contributed by atoms with Gasteiger partial charge in [-0.3, -0.25) is 0 Å². The summed E-state index contributed by atoms with van der Waals surface area (Å²) >= 11 is 0. The first-order chi connectivity index (χ1) is 10.2. The maximum atomic E-state index is 12.3. The van der Waals surface area contributed by atoms with Gasteiger partial charge >= 0.3 is 6.09 Å². The lowest BCUT2D eigenvalue weighted by molar-refractivity contribution is 0.0215. The van der Waals surface area contributed by atoms with Crippen molar-refractivity contribution in [2.45, 2.75) is 51.8 Å². The quantitative estimate of drug-likeness (QED) is 0.811. The zero-order valence-corrected chi connectivity index (χ0v) is 13.8. The zero-order valence-electron chi connectivity index (χ0n) is 13.8. The van der Waals surface area contributed by atoms with Gasteiger partial charge in [0.25, 0.3) is 0 Å². The Morgan fingerprint density at radius 2 is 2.00 bits per heavy atom. The molecule has 1 aromatic rings. The first-order valence-corrected chi connectivity index (χ1v) is 7.87. The average molecular weight is 303 g/mol. The Kier molecular flexibility index (Phi) is 3.46. The molecule has 0 spiro atoms. The van der Waals surface area contributed by atoms with Gasteiger partial charge in [0, 0.05) is 30.5 Å². The Bertz CT molecular complexity index is 594.